The largest absolute Gasteiger partial charge is 0.337 e. The highest BCUT2D eigenvalue weighted by Crippen LogP contribution is 2.34. The molecular weight excluding hydrogens is 303 g/mol. The lowest BCUT2D eigenvalue weighted by molar-refractivity contribution is 0.251. The maximum atomic E-state index is 13.4. The van der Waals surface area contributed by atoms with Crippen molar-refractivity contribution in [3.8, 4) is 0 Å². The molecule has 2 aromatic rings. The fourth-order valence-electron chi connectivity index (χ4n) is 2.69. The van der Waals surface area contributed by atoms with Crippen LogP contribution in [-0.4, -0.2) is 22.5 Å². The molecule has 1 aliphatic carbocycles. The van der Waals surface area contributed by atoms with Gasteiger partial charge in [0.25, 0.3) is 0 Å². The number of hydrogen-bond acceptors (Lipinski definition) is 4. The SMILES string of the molecule is Cc1nc2c(s1)CCC[C@H]2CNC(=O)Nc1ccncc1F. The molecule has 2 heterocycles. The van der Waals surface area contributed by atoms with Gasteiger partial charge in [-0.25, -0.2) is 14.2 Å². The van der Waals surface area contributed by atoms with Gasteiger partial charge >= 0.3 is 6.03 Å². The number of urea groups is 1. The number of pyridine rings is 1. The average Bonchev–Trinajstić information content (AvgIpc) is 2.88. The number of rotatable bonds is 3. The van der Waals surface area contributed by atoms with Crippen LogP contribution in [0.5, 0.6) is 0 Å². The van der Waals surface area contributed by atoms with Gasteiger partial charge in [-0.2, -0.15) is 0 Å². The maximum Gasteiger partial charge on any atom is 0.319 e. The van der Waals surface area contributed by atoms with Crippen molar-refractivity contribution in [1.82, 2.24) is 15.3 Å². The zero-order valence-electron chi connectivity index (χ0n) is 12.2. The minimum atomic E-state index is -0.548. The maximum absolute atomic E-state index is 13.4. The average molecular weight is 320 g/mol. The molecule has 1 atom stereocenters. The van der Waals surface area contributed by atoms with E-state index in [0.29, 0.717) is 6.54 Å². The molecular formula is C15H17FN4OS. The summed E-state index contributed by atoms with van der Waals surface area (Å²) in [6.07, 6.45) is 5.71. The van der Waals surface area contributed by atoms with Gasteiger partial charge in [-0.05, 0) is 32.3 Å². The van der Waals surface area contributed by atoms with Crippen LogP contribution in [0.3, 0.4) is 0 Å². The second-order valence-corrected chi connectivity index (χ2v) is 6.61. The normalized spacial score (nSPS) is 16.9. The van der Waals surface area contributed by atoms with E-state index in [0.717, 1.165) is 36.2 Å². The zero-order valence-corrected chi connectivity index (χ0v) is 13.0. The van der Waals surface area contributed by atoms with Crippen molar-refractivity contribution < 1.29 is 9.18 Å². The molecule has 0 bridgehead atoms. The van der Waals surface area contributed by atoms with Crippen LogP contribution < -0.4 is 10.6 Å². The summed E-state index contributed by atoms with van der Waals surface area (Å²) in [6.45, 7) is 2.51. The van der Waals surface area contributed by atoms with Crippen molar-refractivity contribution in [3.63, 3.8) is 0 Å². The monoisotopic (exact) mass is 320 g/mol. The smallest absolute Gasteiger partial charge is 0.319 e. The van der Waals surface area contributed by atoms with Gasteiger partial charge in [-0.3, -0.25) is 4.98 Å². The standard InChI is InChI=1S/C15H17FN4OS/c1-9-19-14-10(3-2-4-13(14)22-9)7-18-15(21)20-12-5-6-17-8-11(12)16/h5-6,8,10H,2-4,7H2,1H3,(H2,17,18,20,21)/t10-/m0/s1. The number of carbonyl (C=O) groups is 1. The third-order valence-corrected chi connectivity index (χ3v) is 4.75. The molecule has 0 unspecified atom stereocenters. The Morgan fingerprint density at radius 2 is 2.41 bits per heavy atom. The topological polar surface area (TPSA) is 66.9 Å². The fraction of sp³-hybridized carbons (Fsp3) is 0.400. The van der Waals surface area contributed by atoms with Crippen LogP contribution >= 0.6 is 11.3 Å². The summed E-state index contributed by atoms with van der Waals surface area (Å²) in [5.74, 6) is -0.311. The first-order chi connectivity index (χ1) is 10.6. The molecule has 0 fully saturated rings. The highest BCUT2D eigenvalue weighted by Gasteiger charge is 2.24. The highest BCUT2D eigenvalue weighted by molar-refractivity contribution is 7.11. The van der Waals surface area contributed by atoms with Crippen LogP contribution in [0.4, 0.5) is 14.9 Å². The van der Waals surface area contributed by atoms with E-state index in [9.17, 15) is 9.18 Å². The summed E-state index contributed by atoms with van der Waals surface area (Å²) in [5, 5.41) is 6.37. The van der Waals surface area contributed by atoms with E-state index < -0.39 is 11.8 Å². The first-order valence-corrected chi connectivity index (χ1v) is 8.05. The Balaban J connectivity index is 1.59. The number of carbonyl (C=O) groups excluding carboxylic acids is 1. The highest BCUT2D eigenvalue weighted by atomic mass is 32.1. The summed E-state index contributed by atoms with van der Waals surface area (Å²) in [5.41, 5.74) is 1.24. The quantitative estimate of drug-likeness (QED) is 0.912. The second kappa shape index (κ2) is 6.39. The van der Waals surface area contributed by atoms with Crippen molar-refractivity contribution in [3.05, 3.63) is 39.9 Å². The number of hydrogen-bond donors (Lipinski definition) is 2. The lowest BCUT2D eigenvalue weighted by Gasteiger charge is -2.21. The predicted molar refractivity (Wildman–Crippen MR) is 83.7 cm³/mol. The van der Waals surface area contributed by atoms with Crippen LogP contribution in [0, 0.1) is 12.7 Å². The van der Waals surface area contributed by atoms with Crippen LogP contribution in [0.25, 0.3) is 0 Å². The van der Waals surface area contributed by atoms with E-state index in [1.165, 1.54) is 17.1 Å². The Labute approximate surface area is 132 Å². The molecule has 0 saturated carbocycles. The number of nitrogens with zero attached hydrogens (tertiary/aromatic N) is 2. The summed E-state index contributed by atoms with van der Waals surface area (Å²) < 4.78 is 13.4. The molecule has 1 aliphatic rings. The Morgan fingerprint density at radius 1 is 1.55 bits per heavy atom. The summed E-state index contributed by atoms with van der Waals surface area (Å²) in [6, 6.07) is 1.02. The van der Waals surface area contributed by atoms with Crippen molar-refractivity contribution in [2.45, 2.75) is 32.1 Å². The molecule has 2 N–H and O–H groups in total. The predicted octanol–water partition coefficient (Wildman–Crippen LogP) is 3.23. The molecule has 0 aliphatic heterocycles. The van der Waals surface area contributed by atoms with Gasteiger partial charge in [-0.1, -0.05) is 0 Å². The Hall–Kier alpha value is -2.02. The molecule has 5 nitrogen and oxygen atoms in total. The van der Waals surface area contributed by atoms with E-state index in [-0.39, 0.29) is 11.6 Å². The molecule has 0 aromatic carbocycles. The van der Waals surface area contributed by atoms with Crippen LogP contribution in [-0.2, 0) is 6.42 Å². The van der Waals surface area contributed by atoms with Gasteiger partial charge in [0, 0.05) is 23.5 Å². The molecule has 116 valence electrons. The van der Waals surface area contributed by atoms with Gasteiger partial charge in [0.05, 0.1) is 22.6 Å². The molecule has 22 heavy (non-hydrogen) atoms. The van der Waals surface area contributed by atoms with E-state index >= 15 is 0 Å². The van der Waals surface area contributed by atoms with Gasteiger partial charge in [-0.15, -0.1) is 11.3 Å². The van der Waals surface area contributed by atoms with E-state index in [2.05, 4.69) is 20.6 Å². The van der Waals surface area contributed by atoms with Crippen molar-refractivity contribution in [2.24, 2.45) is 0 Å². The van der Waals surface area contributed by atoms with Crippen molar-refractivity contribution in [1.29, 1.82) is 0 Å². The zero-order chi connectivity index (χ0) is 15.5. The van der Waals surface area contributed by atoms with Gasteiger partial charge < -0.3 is 10.6 Å². The number of aryl methyl sites for hydroxylation is 2. The second-order valence-electron chi connectivity index (χ2n) is 5.32. The molecule has 0 radical (unpaired) electrons. The molecule has 2 aromatic heterocycles. The summed E-state index contributed by atoms with van der Waals surface area (Å²) in [4.78, 5) is 21.5. The molecule has 0 saturated heterocycles. The minimum Gasteiger partial charge on any atom is -0.337 e. The Morgan fingerprint density at radius 3 is 3.23 bits per heavy atom. The van der Waals surface area contributed by atoms with Crippen LogP contribution in [0.15, 0.2) is 18.5 Å². The van der Waals surface area contributed by atoms with Crippen LogP contribution in [0.1, 0.15) is 34.3 Å². The number of thiazole rings is 1. The summed E-state index contributed by atoms with van der Waals surface area (Å²) in [7, 11) is 0. The van der Waals surface area contributed by atoms with E-state index in [1.807, 2.05) is 6.92 Å². The van der Waals surface area contributed by atoms with Crippen molar-refractivity contribution >= 4 is 23.1 Å². The fourth-order valence-corrected chi connectivity index (χ4v) is 3.75. The summed E-state index contributed by atoms with van der Waals surface area (Å²) >= 11 is 1.74. The number of halogens is 1. The third-order valence-electron chi connectivity index (χ3n) is 3.71. The Bertz CT molecular complexity index is 688. The molecule has 7 heteroatoms. The van der Waals surface area contributed by atoms with E-state index in [4.69, 9.17) is 0 Å². The first-order valence-electron chi connectivity index (χ1n) is 7.24. The number of fused-ring (bicyclic) bond motifs is 1. The Kier molecular flexibility index (Phi) is 4.33. The van der Waals surface area contributed by atoms with E-state index in [1.54, 1.807) is 11.3 Å². The molecule has 0 spiro atoms. The van der Waals surface area contributed by atoms with Gasteiger partial charge in [0.15, 0.2) is 5.82 Å². The van der Waals surface area contributed by atoms with Crippen LogP contribution in [0.2, 0.25) is 0 Å². The molecule has 3 rings (SSSR count). The number of anilines is 1. The van der Waals surface area contributed by atoms with Crippen molar-refractivity contribution in [2.75, 3.05) is 11.9 Å². The first kappa shape index (κ1) is 14.9. The number of amides is 2. The van der Waals surface area contributed by atoms with Gasteiger partial charge in [0.2, 0.25) is 0 Å². The lowest BCUT2D eigenvalue weighted by atomic mass is 9.91. The van der Waals surface area contributed by atoms with Gasteiger partial charge in [0.1, 0.15) is 0 Å². The number of aromatic nitrogens is 2. The third kappa shape index (κ3) is 3.24. The molecule has 2 amide bonds. The number of nitrogens with one attached hydrogen (secondary N) is 2. The lowest BCUT2D eigenvalue weighted by Crippen LogP contribution is -2.33. The minimum absolute atomic E-state index is 0.126.